The molecule has 0 spiro atoms. The Labute approximate surface area is 160 Å². The summed E-state index contributed by atoms with van der Waals surface area (Å²) in [7, 11) is 0. The SMILES string of the molecule is CC(C(=O)C[C@@H]1C[C@H](C)CN(c2ccc(C#N)c3nccnc23)C1)C1CC1. The van der Waals surface area contributed by atoms with E-state index in [1.807, 2.05) is 12.1 Å². The van der Waals surface area contributed by atoms with Crippen LogP contribution in [0.25, 0.3) is 11.0 Å². The third-order valence-corrected chi connectivity index (χ3v) is 6.14. The van der Waals surface area contributed by atoms with Gasteiger partial charge in [0.1, 0.15) is 22.9 Å². The second kappa shape index (κ2) is 7.26. The van der Waals surface area contributed by atoms with Gasteiger partial charge in [0.15, 0.2) is 0 Å². The van der Waals surface area contributed by atoms with Crippen molar-refractivity contribution < 1.29 is 4.79 Å². The van der Waals surface area contributed by atoms with Gasteiger partial charge in [-0.25, -0.2) is 0 Å². The smallest absolute Gasteiger partial charge is 0.136 e. The third kappa shape index (κ3) is 3.66. The highest BCUT2D eigenvalue weighted by Crippen LogP contribution is 2.39. The molecule has 1 aliphatic carbocycles. The molecule has 0 bridgehead atoms. The van der Waals surface area contributed by atoms with Crippen molar-refractivity contribution in [2.24, 2.45) is 23.7 Å². The number of hydrogen-bond acceptors (Lipinski definition) is 5. The van der Waals surface area contributed by atoms with Crippen LogP contribution in [0, 0.1) is 35.0 Å². The molecule has 1 unspecified atom stereocenters. The number of fused-ring (bicyclic) bond motifs is 1. The van der Waals surface area contributed by atoms with Crippen LogP contribution >= 0.6 is 0 Å². The lowest BCUT2D eigenvalue weighted by Gasteiger charge is -2.38. The maximum Gasteiger partial charge on any atom is 0.136 e. The minimum Gasteiger partial charge on any atom is -0.369 e. The van der Waals surface area contributed by atoms with Crippen molar-refractivity contribution in [1.82, 2.24) is 9.97 Å². The fraction of sp³-hybridized carbons (Fsp3) is 0.545. The van der Waals surface area contributed by atoms with Crippen LogP contribution in [-0.2, 0) is 4.79 Å². The Kier molecular flexibility index (Phi) is 4.82. The monoisotopic (exact) mass is 362 g/mol. The van der Waals surface area contributed by atoms with Gasteiger partial charge in [0.2, 0.25) is 0 Å². The predicted octanol–water partition coefficient (Wildman–Crippen LogP) is 3.97. The number of carbonyl (C=O) groups excluding carboxylic acids is 1. The number of carbonyl (C=O) groups is 1. The van der Waals surface area contributed by atoms with E-state index in [1.165, 1.54) is 12.8 Å². The molecule has 3 atom stereocenters. The molecule has 0 radical (unpaired) electrons. The predicted molar refractivity (Wildman–Crippen MR) is 105 cm³/mol. The van der Waals surface area contributed by atoms with Gasteiger partial charge in [0.05, 0.1) is 11.3 Å². The number of benzene rings is 1. The van der Waals surface area contributed by atoms with Crippen LogP contribution in [0.4, 0.5) is 5.69 Å². The zero-order chi connectivity index (χ0) is 19.0. The zero-order valence-corrected chi connectivity index (χ0v) is 16.1. The van der Waals surface area contributed by atoms with E-state index in [4.69, 9.17) is 0 Å². The van der Waals surface area contributed by atoms with E-state index in [0.29, 0.717) is 41.0 Å². The lowest BCUT2D eigenvalue weighted by atomic mass is 9.84. The maximum absolute atomic E-state index is 12.7. The molecule has 1 aromatic heterocycles. The van der Waals surface area contributed by atoms with Gasteiger partial charge in [0, 0.05) is 37.8 Å². The van der Waals surface area contributed by atoms with Crippen molar-refractivity contribution in [1.29, 1.82) is 5.26 Å². The van der Waals surface area contributed by atoms with Gasteiger partial charge >= 0.3 is 0 Å². The van der Waals surface area contributed by atoms with Gasteiger partial charge in [-0.05, 0) is 49.1 Å². The van der Waals surface area contributed by atoms with E-state index in [1.54, 1.807) is 12.4 Å². The lowest BCUT2D eigenvalue weighted by molar-refractivity contribution is -0.124. The summed E-state index contributed by atoms with van der Waals surface area (Å²) in [5.41, 5.74) is 3.01. The van der Waals surface area contributed by atoms with Crippen LogP contribution in [0.3, 0.4) is 0 Å². The van der Waals surface area contributed by atoms with Gasteiger partial charge in [-0.2, -0.15) is 5.26 Å². The molecule has 2 aromatic rings. The van der Waals surface area contributed by atoms with E-state index in [0.717, 1.165) is 30.7 Å². The molecular formula is C22H26N4O. The summed E-state index contributed by atoms with van der Waals surface area (Å²) in [4.78, 5) is 23.9. The first kappa shape index (κ1) is 17.9. The summed E-state index contributed by atoms with van der Waals surface area (Å²) in [5, 5.41) is 9.35. The molecular weight excluding hydrogens is 336 g/mol. The molecule has 1 saturated heterocycles. The molecule has 1 aromatic carbocycles. The van der Waals surface area contributed by atoms with Crippen LogP contribution in [0.15, 0.2) is 24.5 Å². The minimum absolute atomic E-state index is 0.220. The van der Waals surface area contributed by atoms with Crippen molar-refractivity contribution in [3.63, 3.8) is 0 Å². The molecule has 0 N–H and O–H groups in total. The first-order valence-corrected chi connectivity index (χ1v) is 9.98. The van der Waals surface area contributed by atoms with Crippen molar-refractivity contribution in [3.05, 3.63) is 30.1 Å². The van der Waals surface area contributed by atoms with Crippen LogP contribution in [0.1, 0.15) is 45.1 Å². The summed E-state index contributed by atoms with van der Waals surface area (Å²) < 4.78 is 0. The average molecular weight is 362 g/mol. The van der Waals surface area contributed by atoms with E-state index in [9.17, 15) is 10.1 Å². The number of anilines is 1. The molecule has 0 amide bonds. The third-order valence-electron chi connectivity index (χ3n) is 6.14. The van der Waals surface area contributed by atoms with Crippen molar-refractivity contribution in [3.8, 4) is 6.07 Å². The van der Waals surface area contributed by atoms with Gasteiger partial charge in [0.25, 0.3) is 0 Å². The molecule has 5 heteroatoms. The topological polar surface area (TPSA) is 69.9 Å². The summed E-state index contributed by atoms with van der Waals surface area (Å²) >= 11 is 0. The normalized spacial score (nSPS) is 23.8. The maximum atomic E-state index is 12.7. The number of nitrogens with zero attached hydrogens (tertiary/aromatic N) is 4. The van der Waals surface area contributed by atoms with E-state index < -0.39 is 0 Å². The Morgan fingerprint density at radius 2 is 2.00 bits per heavy atom. The van der Waals surface area contributed by atoms with E-state index in [2.05, 4.69) is 34.8 Å². The van der Waals surface area contributed by atoms with Crippen LogP contribution < -0.4 is 4.90 Å². The number of piperidine rings is 1. The second-order valence-electron chi connectivity index (χ2n) is 8.41. The number of hydrogen-bond donors (Lipinski definition) is 0. The van der Waals surface area contributed by atoms with Gasteiger partial charge < -0.3 is 4.90 Å². The number of Topliss-reactive ketones (excluding diaryl/α,β-unsaturated/α-hetero) is 1. The largest absolute Gasteiger partial charge is 0.369 e. The van der Waals surface area contributed by atoms with Gasteiger partial charge in [-0.3, -0.25) is 14.8 Å². The molecule has 2 heterocycles. The van der Waals surface area contributed by atoms with Crippen LogP contribution in [-0.4, -0.2) is 28.8 Å². The molecule has 1 aliphatic heterocycles. The number of ketones is 1. The first-order chi connectivity index (χ1) is 13.1. The number of nitriles is 1. The summed E-state index contributed by atoms with van der Waals surface area (Å²) in [6.45, 7) is 6.17. The molecule has 2 aliphatic rings. The van der Waals surface area contributed by atoms with Gasteiger partial charge in [-0.1, -0.05) is 13.8 Å². The molecule has 4 rings (SSSR count). The molecule has 1 saturated carbocycles. The Balaban J connectivity index is 1.57. The Hall–Kier alpha value is -2.48. The highest BCUT2D eigenvalue weighted by Gasteiger charge is 2.35. The molecule has 140 valence electrons. The number of rotatable bonds is 5. The van der Waals surface area contributed by atoms with Crippen LogP contribution in [0.2, 0.25) is 0 Å². The van der Waals surface area contributed by atoms with Crippen molar-refractivity contribution in [2.45, 2.75) is 39.5 Å². The quantitative estimate of drug-likeness (QED) is 0.805. The van der Waals surface area contributed by atoms with Crippen LogP contribution in [0.5, 0.6) is 0 Å². The average Bonchev–Trinajstić information content (AvgIpc) is 3.51. The van der Waals surface area contributed by atoms with E-state index >= 15 is 0 Å². The fourth-order valence-corrected chi connectivity index (χ4v) is 4.54. The molecule has 2 fully saturated rings. The Morgan fingerprint density at radius 1 is 1.26 bits per heavy atom. The molecule has 5 nitrogen and oxygen atoms in total. The second-order valence-corrected chi connectivity index (χ2v) is 8.41. The highest BCUT2D eigenvalue weighted by molar-refractivity contribution is 5.92. The Bertz CT molecular complexity index is 899. The first-order valence-electron chi connectivity index (χ1n) is 9.98. The number of aromatic nitrogens is 2. The standard InChI is InChI=1S/C22H26N4O/c1-14-9-16(10-20(27)15(2)17-3-4-17)13-26(12-14)19-6-5-18(11-23)21-22(19)25-8-7-24-21/h5-8,14-17H,3-4,9-10,12-13H2,1-2H3/t14-,15?,16-/m0/s1. The minimum atomic E-state index is 0.220. The van der Waals surface area contributed by atoms with Crippen molar-refractivity contribution >= 4 is 22.5 Å². The molecule has 27 heavy (non-hydrogen) atoms. The summed E-state index contributed by atoms with van der Waals surface area (Å²) in [6.07, 6.45) is 7.52. The highest BCUT2D eigenvalue weighted by atomic mass is 16.1. The van der Waals surface area contributed by atoms with E-state index in [-0.39, 0.29) is 5.92 Å². The fourth-order valence-electron chi connectivity index (χ4n) is 4.54. The summed E-state index contributed by atoms with van der Waals surface area (Å²) in [5.74, 6) is 2.19. The van der Waals surface area contributed by atoms with Crippen molar-refractivity contribution in [2.75, 3.05) is 18.0 Å². The lowest BCUT2D eigenvalue weighted by Crippen LogP contribution is -2.41. The van der Waals surface area contributed by atoms with Gasteiger partial charge in [-0.15, -0.1) is 0 Å². The zero-order valence-electron chi connectivity index (χ0n) is 16.1. The Morgan fingerprint density at radius 3 is 2.70 bits per heavy atom. The summed E-state index contributed by atoms with van der Waals surface area (Å²) in [6, 6.07) is 6.03.